The number of thioether (sulfide) groups is 1. The fourth-order valence-electron chi connectivity index (χ4n) is 2.29. The minimum Gasteiger partial charge on any atom is -0.309 e. The van der Waals surface area contributed by atoms with Crippen LogP contribution in [0, 0.1) is 5.82 Å². The number of halogens is 2. The Balaban J connectivity index is 2.95. The van der Waals surface area contributed by atoms with Crippen LogP contribution < -0.4 is 4.90 Å². The Morgan fingerprint density at radius 1 is 1.43 bits per heavy atom. The van der Waals surface area contributed by atoms with Crippen molar-refractivity contribution in [3.63, 3.8) is 0 Å². The molecule has 0 aliphatic heterocycles. The van der Waals surface area contributed by atoms with Crippen molar-refractivity contribution in [1.29, 1.82) is 0 Å². The lowest BCUT2D eigenvalue weighted by Crippen LogP contribution is -2.40. The number of amides is 1. The van der Waals surface area contributed by atoms with Crippen molar-refractivity contribution in [2.45, 2.75) is 45.6 Å². The SMILES string of the molecule is CCCCCC(C)N(C(=O)CSC)c1ccc(F)c(Br)c1. The van der Waals surface area contributed by atoms with E-state index in [4.69, 9.17) is 0 Å². The van der Waals surface area contributed by atoms with Gasteiger partial charge in [-0.25, -0.2) is 4.39 Å². The second kappa shape index (κ2) is 9.46. The summed E-state index contributed by atoms with van der Waals surface area (Å²) < 4.78 is 13.8. The maximum atomic E-state index is 13.4. The summed E-state index contributed by atoms with van der Waals surface area (Å²) >= 11 is 4.71. The predicted molar refractivity (Wildman–Crippen MR) is 93.6 cm³/mol. The predicted octanol–water partition coefficient (Wildman–Crippen LogP) is 5.25. The van der Waals surface area contributed by atoms with E-state index in [2.05, 4.69) is 29.8 Å². The Labute approximate surface area is 139 Å². The Morgan fingerprint density at radius 2 is 2.14 bits per heavy atom. The van der Waals surface area contributed by atoms with Gasteiger partial charge in [-0.2, -0.15) is 11.8 Å². The first-order chi connectivity index (χ1) is 10.0. The highest BCUT2D eigenvalue weighted by molar-refractivity contribution is 9.10. The summed E-state index contributed by atoms with van der Waals surface area (Å²) in [5, 5.41) is 0. The molecule has 1 aromatic carbocycles. The Bertz CT molecular complexity index is 470. The van der Waals surface area contributed by atoms with Crippen LogP contribution in [0.2, 0.25) is 0 Å². The molecule has 0 N–H and O–H groups in total. The lowest BCUT2D eigenvalue weighted by Gasteiger charge is -2.29. The quantitative estimate of drug-likeness (QED) is 0.578. The lowest BCUT2D eigenvalue weighted by atomic mass is 10.1. The van der Waals surface area contributed by atoms with Crippen molar-refractivity contribution >= 4 is 39.3 Å². The molecule has 1 amide bonds. The zero-order valence-electron chi connectivity index (χ0n) is 12.9. The van der Waals surface area contributed by atoms with Crippen molar-refractivity contribution in [3.8, 4) is 0 Å². The molecule has 0 aliphatic carbocycles. The van der Waals surface area contributed by atoms with Crippen molar-refractivity contribution < 1.29 is 9.18 Å². The molecule has 0 radical (unpaired) electrons. The van der Waals surface area contributed by atoms with Crippen LogP contribution in [0.15, 0.2) is 22.7 Å². The van der Waals surface area contributed by atoms with Crippen LogP contribution in [0.4, 0.5) is 10.1 Å². The summed E-state index contributed by atoms with van der Waals surface area (Å²) in [4.78, 5) is 14.2. The van der Waals surface area contributed by atoms with Gasteiger partial charge in [0.05, 0.1) is 10.2 Å². The number of nitrogens with zero attached hydrogens (tertiary/aromatic N) is 1. The maximum Gasteiger partial charge on any atom is 0.237 e. The molecule has 5 heteroatoms. The molecule has 0 aliphatic rings. The van der Waals surface area contributed by atoms with Gasteiger partial charge in [0.2, 0.25) is 5.91 Å². The van der Waals surface area contributed by atoms with Crippen molar-refractivity contribution in [3.05, 3.63) is 28.5 Å². The van der Waals surface area contributed by atoms with E-state index in [0.29, 0.717) is 10.2 Å². The molecule has 1 unspecified atom stereocenters. The van der Waals surface area contributed by atoms with E-state index in [0.717, 1.165) is 24.9 Å². The number of hydrogen-bond acceptors (Lipinski definition) is 2. The first-order valence-corrected chi connectivity index (χ1v) is 9.46. The van der Waals surface area contributed by atoms with Crippen molar-refractivity contribution in [2.24, 2.45) is 0 Å². The van der Waals surface area contributed by atoms with Gasteiger partial charge in [0.25, 0.3) is 0 Å². The van der Waals surface area contributed by atoms with Crippen molar-refractivity contribution in [2.75, 3.05) is 16.9 Å². The van der Waals surface area contributed by atoms with Gasteiger partial charge in [-0.05, 0) is 53.7 Å². The normalized spacial score (nSPS) is 12.2. The summed E-state index contributed by atoms with van der Waals surface area (Å²) in [6, 6.07) is 4.88. The molecule has 118 valence electrons. The van der Waals surface area contributed by atoms with Gasteiger partial charge in [0, 0.05) is 11.7 Å². The molecule has 2 nitrogen and oxygen atoms in total. The van der Waals surface area contributed by atoms with Gasteiger partial charge < -0.3 is 4.90 Å². The highest BCUT2D eigenvalue weighted by Gasteiger charge is 2.22. The average Bonchev–Trinajstić information content (AvgIpc) is 2.43. The van der Waals surface area contributed by atoms with Gasteiger partial charge in [0.15, 0.2) is 0 Å². The highest BCUT2D eigenvalue weighted by Crippen LogP contribution is 2.26. The molecular formula is C16H23BrFNOS. The maximum absolute atomic E-state index is 13.4. The van der Waals surface area contributed by atoms with Gasteiger partial charge in [-0.3, -0.25) is 4.79 Å². The third kappa shape index (κ3) is 5.62. The molecule has 0 fully saturated rings. The van der Waals surface area contributed by atoms with E-state index in [1.807, 2.05) is 6.26 Å². The van der Waals surface area contributed by atoms with E-state index >= 15 is 0 Å². The Morgan fingerprint density at radius 3 is 2.71 bits per heavy atom. The molecule has 1 rings (SSSR count). The first kappa shape index (κ1) is 18.5. The summed E-state index contributed by atoms with van der Waals surface area (Å²) in [7, 11) is 0. The molecule has 0 bridgehead atoms. The fraction of sp³-hybridized carbons (Fsp3) is 0.562. The zero-order valence-corrected chi connectivity index (χ0v) is 15.3. The molecule has 0 saturated heterocycles. The van der Waals surface area contributed by atoms with Crippen LogP contribution in [0.5, 0.6) is 0 Å². The number of benzene rings is 1. The number of carbonyl (C=O) groups is 1. The third-order valence-electron chi connectivity index (χ3n) is 3.38. The molecule has 1 aromatic rings. The zero-order chi connectivity index (χ0) is 15.8. The topological polar surface area (TPSA) is 20.3 Å². The number of unbranched alkanes of at least 4 members (excludes halogenated alkanes) is 2. The largest absolute Gasteiger partial charge is 0.309 e. The summed E-state index contributed by atoms with van der Waals surface area (Å²) in [5.41, 5.74) is 0.756. The molecule has 1 atom stereocenters. The number of carbonyl (C=O) groups excluding carboxylic acids is 1. The second-order valence-electron chi connectivity index (χ2n) is 5.14. The minimum atomic E-state index is -0.311. The van der Waals surface area contributed by atoms with Crippen LogP contribution in [-0.4, -0.2) is 24.0 Å². The minimum absolute atomic E-state index is 0.0741. The van der Waals surface area contributed by atoms with Gasteiger partial charge in [0.1, 0.15) is 5.82 Å². The van der Waals surface area contributed by atoms with Crippen LogP contribution >= 0.6 is 27.7 Å². The van der Waals surface area contributed by atoms with Crippen molar-refractivity contribution in [1.82, 2.24) is 0 Å². The molecule has 0 spiro atoms. The number of rotatable bonds is 8. The van der Waals surface area contributed by atoms with E-state index in [1.54, 1.807) is 17.0 Å². The average molecular weight is 376 g/mol. The van der Waals surface area contributed by atoms with Gasteiger partial charge in [-0.15, -0.1) is 0 Å². The van der Waals surface area contributed by atoms with E-state index in [1.165, 1.54) is 24.2 Å². The second-order valence-corrected chi connectivity index (χ2v) is 6.86. The van der Waals surface area contributed by atoms with Crippen LogP contribution in [0.3, 0.4) is 0 Å². The summed E-state index contributed by atoms with van der Waals surface area (Å²) in [6.07, 6.45) is 6.31. The Kier molecular flexibility index (Phi) is 8.34. The van der Waals surface area contributed by atoms with Crippen LogP contribution in [-0.2, 0) is 4.79 Å². The van der Waals surface area contributed by atoms with Gasteiger partial charge >= 0.3 is 0 Å². The highest BCUT2D eigenvalue weighted by atomic mass is 79.9. The van der Waals surface area contributed by atoms with E-state index in [-0.39, 0.29) is 17.8 Å². The molecule has 21 heavy (non-hydrogen) atoms. The number of anilines is 1. The van der Waals surface area contributed by atoms with Gasteiger partial charge in [-0.1, -0.05) is 26.2 Å². The monoisotopic (exact) mass is 375 g/mol. The van der Waals surface area contributed by atoms with Crippen LogP contribution in [0.25, 0.3) is 0 Å². The number of hydrogen-bond donors (Lipinski definition) is 0. The molecular weight excluding hydrogens is 353 g/mol. The standard InChI is InChI=1S/C16H23BrFNOS/c1-4-5-6-7-12(2)19(16(20)11-21-3)13-8-9-15(18)14(17)10-13/h8-10,12H,4-7,11H2,1-3H3. The molecule has 0 saturated carbocycles. The van der Waals surface area contributed by atoms with E-state index < -0.39 is 0 Å². The van der Waals surface area contributed by atoms with E-state index in [9.17, 15) is 9.18 Å². The Hall–Kier alpha value is -0.550. The lowest BCUT2D eigenvalue weighted by molar-refractivity contribution is -0.116. The fourth-order valence-corrected chi connectivity index (χ4v) is 3.04. The first-order valence-electron chi connectivity index (χ1n) is 7.27. The molecule has 0 heterocycles. The summed E-state index contributed by atoms with van der Waals surface area (Å²) in [5.74, 6) is 0.201. The third-order valence-corrected chi connectivity index (χ3v) is 4.53. The summed E-state index contributed by atoms with van der Waals surface area (Å²) in [6.45, 7) is 4.23. The smallest absolute Gasteiger partial charge is 0.237 e. The van der Waals surface area contributed by atoms with Crippen LogP contribution in [0.1, 0.15) is 39.5 Å². The molecule has 0 aromatic heterocycles.